The lowest BCUT2D eigenvalue weighted by molar-refractivity contribution is -0.143. The fourth-order valence-electron chi connectivity index (χ4n) is 0.900. The summed E-state index contributed by atoms with van der Waals surface area (Å²) in [5.41, 5.74) is -0.457. The van der Waals surface area contributed by atoms with Crippen LogP contribution < -0.4 is 0 Å². The molecule has 2 nitrogen and oxygen atoms in total. The smallest absolute Gasteiger partial charge is 0.320 e. The molecule has 10 heavy (non-hydrogen) atoms. The molecule has 54 valence electrons. The third kappa shape index (κ3) is 0.967. The predicted molar refractivity (Wildman–Crippen MR) is 38.2 cm³/mol. The molecule has 0 spiro atoms. The maximum absolute atomic E-state index is 11.0. The van der Waals surface area contributed by atoms with E-state index < -0.39 is 5.41 Å². The van der Waals surface area contributed by atoms with Crippen molar-refractivity contribution in [3.05, 3.63) is 25.0 Å². The number of allylic oxidation sites excluding steroid dienone is 1. The molecule has 0 saturated heterocycles. The van der Waals surface area contributed by atoms with Gasteiger partial charge < -0.3 is 4.74 Å². The van der Waals surface area contributed by atoms with Gasteiger partial charge in [-0.25, -0.2) is 0 Å². The quantitative estimate of drug-likeness (QED) is 0.428. The van der Waals surface area contributed by atoms with Crippen LogP contribution in [0.15, 0.2) is 25.0 Å². The fraction of sp³-hybridized carbons (Fsp3) is 0.375. The average Bonchev–Trinajstić information content (AvgIpc) is 2.15. The second kappa shape index (κ2) is 2.29. The third-order valence-electron chi connectivity index (χ3n) is 1.65. The first kappa shape index (κ1) is 7.06. The molecule has 0 aliphatic carbocycles. The number of hydrogen-bond acceptors (Lipinski definition) is 2. The summed E-state index contributed by atoms with van der Waals surface area (Å²) < 4.78 is 4.65. The highest BCUT2D eigenvalue weighted by molar-refractivity contribution is 5.81. The van der Waals surface area contributed by atoms with Crippen LogP contribution in [0.2, 0.25) is 0 Å². The standard InChI is InChI=1S/C8H10O2/c1-3-4-8(2)5-6-10-7(8)9/h3,5-6H,1,4H2,2H3/t8-/m1/s1. The van der Waals surface area contributed by atoms with Crippen LogP contribution in [-0.2, 0) is 9.53 Å². The molecule has 0 saturated carbocycles. The van der Waals surface area contributed by atoms with Crippen LogP contribution in [0.25, 0.3) is 0 Å². The Morgan fingerprint density at radius 2 is 2.60 bits per heavy atom. The van der Waals surface area contributed by atoms with Crippen molar-refractivity contribution in [2.24, 2.45) is 5.41 Å². The van der Waals surface area contributed by atoms with E-state index in [4.69, 9.17) is 0 Å². The van der Waals surface area contributed by atoms with E-state index >= 15 is 0 Å². The Kier molecular flexibility index (Phi) is 1.62. The van der Waals surface area contributed by atoms with E-state index in [1.165, 1.54) is 6.26 Å². The van der Waals surface area contributed by atoms with Crippen molar-refractivity contribution in [2.45, 2.75) is 13.3 Å². The Morgan fingerprint density at radius 1 is 1.90 bits per heavy atom. The van der Waals surface area contributed by atoms with Gasteiger partial charge in [0, 0.05) is 0 Å². The van der Waals surface area contributed by atoms with Crippen molar-refractivity contribution in [1.82, 2.24) is 0 Å². The molecule has 0 N–H and O–H groups in total. The molecule has 0 unspecified atom stereocenters. The molecule has 0 aromatic heterocycles. The van der Waals surface area contributed by atoms with Gasteiger partial charge in [0.25, 0.3) is 0 Å². The number of carbonyl (C=O) groups is 1. The first-order valence-corrected chi connectivity index (χ1v) is 3.19. The highest BCUT2D eigenvalue weighted by Crippen LogP contribution is 2.29. The molecule has 1 aliphatic heterocycles. The second-order valence-corrected chi connectivity index (χ2v) is 2.62. The van der Waals surface area contributed by atoms with E-state index in [0.29, 0.717) is 6.42 Å². The van der Waals surface area contributed by atoms with Crippen LogP contribution in [0, 0.1) is 5.41 Å². The van der Waals surface area contributed by atoms with Crippen molar-refractivity contribution < 1.29 is 9.53 Å². The lowest BCUT2D eigenvalue weighted by atomic mass is 9.88. The summed E-state index contributed by atoms with van der Waals surface area (Å²) >= 11 is 0. The van der Waals surface area contributed by atoms with Crippen molar-refractivity contribution >= 4 is 5.97 Å². The number of rotatable bonds is 2. The lowest BCUT2D eigenvalue weighted by Crippen LogP contribution is -2.20. The molecule has 0 aromatic carbocycles. The number of hydrogen-bond donors (Lipinski definition) is 0. The van der Waals surface area contributed by atoms with Crippen molar-refractivity contribution in [1.29, 1.82) is 0 Å². The zero-order chi connectivity index (χ0) is 7.61. The van der Waals surface area contributed by atoms with Crippen molar-refractivity contribution in [2.75, 3.05) is 0 Å². The SMILES string of the molecule is C=CC[C@]1(C)C=COC1=O. The Labute approximate surface area is 60.2 Å². The van der Waals surface area contributed by atoms with Crippen LogP contribution in [0.4, 0.5) is 0 Å². The predicted octanol–water partition coefficient (Wildman–Crippen LogP) is 1.64. The summed E-state index contributed by atoms with van der Waals surface area (Å²) in [5, 5.41) is 0. The topological polar surface area (TPSA) is 26.3 Å². The molecule has 2 heteroatoms. The molecular formula is C8H10O2. The van der Waals surface area contributed by atoms with Gasteiger partial charge in [0.2, 0.25) is 0 Å². The van der Waals surface area contributed by atoms with Gasteiger partial charge in [-0.15, -0.1) is 6.58 Å². The van der Waals surface area contributed by atoms with Gasteiger partial charge in [0.1, 0.15) is 0 Å². The normalized spacial score (nSPS) is 30.3. The maximum atomic E-state index is 11.0. The first-order valence-electron chi connectivity index (χ1n) is 3.19. The van der Waals surface area contributed by atoms with Crippen molar-refractivity contribution in [3.63, 3.8) is 0 Å². The number of carbonyl (C=O) groups excluding carboxylic acids is 1. The van der Waals surface area contributed by atoms with Gasteiger partial charge in [0.05, 0.1) is 11.7 Å². The van der Waals surface area contributed by atoms with E-state index in [-0.39, 0.29) is 5.97 Å². The minimum absolute atomic E-state index is 0.188. The Morgan fingerprint density at radius 3 is 3.00 bits per heavy atom. The summed E-state index contributed by atoms with van der Waals surface area (Å²) in [6.45, 7) is 5.40. The number of cyclic esters (lactones) is 1. The number of ether oxygens (including phenoxy) is 1. The van der Waals surface area contributed by atoms with Gasteiger partial charge in [-0.05, 0) is 19.4 Å². The first-order chi connectivity index (χ1) is 4.69. The Hall–Kier alpha value is -1.05. The Bertz CT molecular complexity index is 193. The maximum Gasteiger partial charge on any atom is 0.320 e. The van der Waals surface area contributed by atoms with Gasteiger partial charge >= 0.3 is 5.97 Å². The summed E-state index contributed by atoms with van der Waals surface area (Å²) in [6, 6.07) is 0. The van der Waals surface area contributed by atoms with E-state index in [2.05, 4.69) is 11.3 Å². The third-order valence-corrected chi connectivity index (χ3v) is 1.65. The minimum Gasteiger partial charge on any atom is -0.434 e. The monoisotopic (exact) mass is 138 g/mol. The molecule has 1 atom stereocenters. The molecule has 0 radical (unpaired) electrons. The van der Waals surface area contributed by atoms with E-state index in [0.717, 1.165) is 0 Å². The summed E-state index contributed by atoms with van der Waals surface area (Å²) in [6.07, 6.45) is 5.56. The summed E-state index contributed by atoms with van der Waals surface area (Å²) in [4.78, 5) is 11.0. The summed E-state index contributed by atoms with van der Waals surface area (Å²) in [5.74, 6) is -0.188. The van der Waals surface area contributed by atoms with E-state index in [9.17, 15) is 4.79 Å². The summed E-state index contributed by atoms with van der Waals surface area (Å²) in [7, 11) is 0. The van der Waals surface area contributed by atoms with Crippen LogP contribution in [-0.4, -0.2) is 5.97 Å². The van der Waals surface area contributed by atoms with Crippen LogP contribution in [0.3, 0.4) is 0 Å². The number of esters is 1. The largest absolute Gasteiger partial charge is 0.434 e. The lowest BCUT2D eigenvalue weighted by Gasteiger charge is -2.13. The molecule has 0 bridgehead atoms. The van der Waals surface area contributed by atoms with E-state index in [1.807, 2.05) is 6.92 Å². The van der Waals surface area contributed by atoms with Gasteiger partial charge in [-0.1, -0.05) is 6.08 Å². The second-order valence-electron chi connectivity index (χ2n) is 2.62. The van der Waals surface area contributed by atoms with Crippen molar-refractivity contribution in [3.8, 4) is 0 Å². The van der Waals surface area contributed by atoms with Gasteiger partial charge in [0.15, 0.2) is 0 Å². The molecule has 0 aromatic rings. The van der Waals surface area contributed by atoms with Gasteiger partial charge in [-0.2, -0.15) is 0 Å². The van der Waals surface area contributed by atoms with Gasteiger partial charge in [-0.3, -0.25) is 4.79 Å². The molecule has 0 amide bonds. The highest BCUT2D eigenvalue weighted by atomic mass is 16.5. The minimum atomic E-state index is -0.457. The molecular weight excluding hydrogens is 128 g/mol. The fourth-order valence-corrected chi connectivity index (χ4v) is 0.900. The average molecular weight is 138 g/mol. The van der Waals surface area contributed by atoms with Crippen LogP contribution in [0.5, 0.6) is 0 Å². The van der Waals surface area contributed by atoms with Crippen LogP contribution >= 0.6 is 0 Å². The molecule has 1 rings (SSSR count). The molecule has 1 aliphatic rings. The van der Waals surface area contributed by atoms with Crippen LogP contribution in [0.1, 0.15) is 13.3 Å². The zero-order valence-electron chi connectivity index (χ0n) is 5.96. The zero-order valence-corrected chi connectivity index (χ0v) is 5.96. The highest BCUT2D eigenvalue weighted by Gasteiger charge is 2.34. The van der Waals surface area contributed by atoms with E-state index in [1.54, 1.807) is 12.2 Å². The Balaban J connectivity index is 2.74. The molecule has 1 heterocycles. The molecule has 0 fully saturated rings.